The van der Waals surface area contributed by atoms with E-state index in [0.717, 1.165) is 31.7 Å². The molecule has 3 nitrogen and oxygen atoms in total. The van der Waals surface area contributed by atoms with Crippen molar-refractivity contribution in [2.45, 2.75) is 63.6 Å². The lowest BCUT2D eigenvalue weighted by atomic mass is 9.89. The third-order valence-electron chi connectivity index (χ3n) is 5.51. The van der Waals surface area contributed by atoms with Crippen molar-refractivity contribution in [1.82, 2.24) is 4.90 Å². The third-order valence-corrected chi connectivity index (χ3v) is 5.51. The summed E-state index contributed by atoms with van der Waals surface area (Å²) < 4.78 is 5.95. The van der Waals surface area contributed by atoms with Gasteiger partial charge < -0.3 is 9.84 Å². The Bertz CT molecular complexity index is 526. The average Bonchev–Trinajstić information content (AvgIpc) is 2.95. The van der Waals surface area contributed by atoms with E-state index in [1.54, 1.807) is 0 Å². The van der Waals surface area contributed by atoms with Gasteiger partial charge in [-0.1, -0.05) is 18.9 Å². The highest BCUT2D eigenvalue weighted by Crippen LogP contribution is 2.33. The number of hydrogen-bond donors (Lipinski definition) is 1. The molecule has 1 heterocycles. The summed E-state index contributed by atoms with van der Waals surface area (Å²) >= 11 is 0. The molecule has 3 heteroatoms. The van der Waals surface area contributed by atoms with Gasteiger partial charge in [-0.05, 0) is 49.3 Å². The van der Waals surface area contributed by atoms with E-state index in [0.29, 0.717) is 17.9 Å². The monoisotopic (exact) mass is 287 g/mol. The fourth-order valence-corrected chi connectivity index (χ4v) is 4.38. The molecule has 2 fully saturated rings. The minimum atomic E-state index is 0.420. The highest BCUT2D eigenvalue weighted by atomic mass is 16.5. The highest BCUT2D eigenvalue weighted by Gasteiger charge is 2.34. The van der Waals surface area contributed by atoms with Crippen molar-refractivity contribution in [3.63, 3.8) is 0 Å². The molecule has 4 rings (SSSR count). The van der Waals surface area contributed by atoms with Crippen LogP contribution in [0.5, 0.6) is 5.75 Å². The van der Waals surface area contributed by atoms with Gasteiger partial charge in [-0.2, -0.15) is 0 Å². The Morgan fingerprint density at radius 1 is 1.10 bits per heavy atom. The van der Waals surface area contributed by atoms with E-state index in [4.69, 9.17) is 4.74 Å². The second kappa shape index (κ2) is 5.62. The molecule has 0 amide bonds. The third kappa shape index (κ3) is 2.58. The molecular formula is C18H25NO2. The van der Waals surface area contributed by atoms with Crippen LogP contribution in [-0.4, -0.2) is 35.3 Å². The van der Waals surface area contributed by atoms with E-state index in [1.807, 2.05) is 6.07 Å². The van der Waals surface area contributed by atoms with Crippen LogP contribution < -0.4 is 0 Å². The van der Waals surface area contributed by atoms with Gasteiger partial charge in [0.25, 0.3) is 0 Å². The van der Waals surface area contributed by atoms with Gasteiger partial charge in [0.2, 0.25) is 0 Å². The zero-order valence-electron chi connectivity index (χ0n) is 12.7. The Hall–Kier alpha value is -1.06. The summed E-state index contributed by atoms with van der Waals surface area (Å²) in [6.07, 6.45) is 9.04. The second-order valence-corrected chi connectivity index (χ2v) is 6.83. The molecule has 1 aliphatic heterocycles. The van der Waals surface area contributed by atoms with E-state index >= 15 is 0 Å². The summed E-state index contributed by atoms with van der Waals surface area (Å²) in [6, 6.07) is 4.82. The van der Waals surface area contributed by atoms with Crippen LogP contribution in [0, 0.1) is 0 Å². The molecule has 2 atom stereocenters. The number of fused-ring (bicyclic) bond motifs is 2. The molecule has 0 aromatic heterocycles. The maximum absolute atomic E-state index is 10.3. The smallest absolute Gasteiger partial charge is 0.120 e. The van der Waals surface area contributed by atoms with Gasteiger partial charge in [0.1, 0.15) is 5.75 Å². The van der Waals surface area contributed by atoms with Crippen LogP contribution in [0.25, 0.3) is 0 Å². The van der Waals surface area contributed by atoms with Gasteiger partial charge in [-0.3, -0.25) is 4.90 Å². The zero-order valence-corrected chi connectivity index (χ0v) is 12.7. The Kier molecular flexibility index (Phi) is 3.64. The van der Waals surface area contributed by atoms with Crippen LogP contribution in [0.15, 0.2) is 12.1 Å². The fraction of sp³-hybridized carbons (Fsp3) is 0.667. The molecule has 0 radical (unpaired) electrons. The summed E-state index contributed by atoms with van der Waals surface area (Å²) in [7, 11) is 0. The first-order valence-electron chi connectivity index (χ1n) is 8.50. The minimum Gasteiger partial charge on any atom is -0.508 e. The quantitative estimate of drug-likeness (QED) is 0.907. The molecule has 2 aliphatic carbocycles. The Labute approximate surface area is 126 Å². The predicted octanol–water partition coefficient (Wildman–Crippen LogP) is 3.02. The fourth-order valence-electron chi connectivity index (χ4n) is 4.38. The number of nitrogens with zero attached hydrogens (tertiary/aromatic N) is 1. The lowest BCUT2D eigenvalue weighted by Crippen LogP contribution is -2.52. The van der Waals surface area contributed by atoms with Crippen molar-refractivity contribution in [3.8, 4) is 5.75 Å². The van der Waals surface area contributed by atoms with Gasteiger partial charge in [0, 0.05) is 24.7 Å². The van der Waals surface area contributed by atoms with Gasteiger partial charge >= 0.3 is 0 Å². The van der Waals surface area contributed by atoms with Crippen LogP contribution in [0.3, 0.4) is 0 Å². The molecule has 1 N–H and O–H groups in total. The Morgan fingerprint density at radius 2 is 1.90 bits per heavy atom. The van der Waals surface area contributed by atoms with Crippen LogP contribution in [0.1, 0.15) is 48.8 Å². The van der Waals surface area contributed by atoms with E-state index in [-0.39, 0.29) is 0 Å². The predicted molar refractivity (Wildman–Crippen MR) is 82.5 cm³/mol. The Morgan fingerprint density at radius 3 is 2.81 bits per heavy atom. The zero-order chi connectivity index (χ0) is 14.2. The molecule has 0 bridgehead atoms. The van der Waals surface area contributed by atoms with E-state index < -0.39 is 0 Å². The lowest BCUT2D eigenvalue weighted by molar-refractivity contribution is -0.0912. The van der Waals surface area contributed by atoms with Crippen LogP contribution in [0.4, 0.5) is 0 Å². The normalized spacial score (nSPS) is 29.1. The van der Waals surface area contributed by atoms with Crippen molar-refractivity contribution < 1.29 is 9.84 Å². The molecule has 1 aromatic carbocycles. The first-order chi connectivity index (χ1) is 10.3. The number of hydrogen-bond acceptors (Lipinski definition) is 3. The molecule has 0 spiro atoms. The maximum atomic E-state index is 10.3. The van der Waals surface area contributed by atoms with Crippen molar-refractivity contribution in [3.05, 3.63) is 28.8 Å². The number of rotatable bonds is 2. The van der Waals surface area contributed by atoms with Gasteiger partial charge in [-0.15, -0.1) is 0 Å². The molecular weight excluding hydrogens is 262 g/mol. The van der Waals surface area contributed by atoms with E-state index in [1.165, 1.54) is 49.7 Å². The van der Waals surface area contributed by atoms with Gasteiger partial charge in [0.15, 0.2) is 0 Å². The lowest BCUT2D eigenvalue weighted by Gasteiger charge is -2.44. The summed E-state index contributed by atoms with van der Waals surface area (Å²) in [6.45, 7) is 2.72. The van der Waals surface area contributed by atoms with Crippen molar-refractivity contribution in [2.24, 2.45) is 0 Å². The van der Waals surface area contributed by atoms with Crippen LogP contribution in [0.2, 0.25) is 0 Å². The Balaban J connectivity index is 1.55. The van der Waals surface area contributed by atoms with Crippen LogP contribution in [-0.2, 0) is 24.1 Å². The summed E-state index contributed by atoms with van der Waals surface area (Å²) in [4.78, 5) is 2.55. The van der Waals surface area contributed by atoms with Gasteiger partial charge in [-0.25, -0.2) is 0 Å². The summed E-state index contributed by atoms with van der Waals surface area (Å²) in [5, 5.41) is 10.3. The molecule has 3 aliphatic rings. The maximum Gasteiger partial charge on any atom is 0.120 e. The summed E-state index contributed by atoms with van der Waals surface area (Å²) in [5.41, 5.74) is 3.92. The molecule has 1 saturated heterocycles. The number of aromatic hydroxyl groups is 1. The molecule has 114 valence electrons. The number of phenolic OH excluding ortho intramolecular Hbond substituents is 1. The number of benzene rings is 1. The molecule has 1 aromatic rings. The van der Waals surface area contributed by atoms with E-state index in [9.17, 15) is 5.11 Å². The number of phenols is 1. The minimum absolute atomic E-state index is 0.420. The van der Waals surface area contributed by atoms with Crippen LogP contribution >= 0.6 is 0 Å². The topological polar surface area (TPSA) is 32.7 Å². The first-order valence-corrected chi connectivity index (χ1v) is 8.50. The standard InChI is InChI=1S/C18H25NO2/c20-17-11-14-5-3-4-13(14)10-15(17)12-19-8-9-21-18-7-2-1-6-16(18)19/h10-11,16,18,20H,1-9,12H2/t16-,18+/m1/s1. The largest absolute Gasteiger partial charge is 0.508 e. The average molecular weight is 287 g/mol. The van der Waals surface area contributed by atoms with Crippen molar-refractivity contribution in [1.29, 1.82) is 0 Å². The number of aryl methyl sites for hydroxylation is 2. The van der Waals surface area contributed by atoms with Gasteiger partial charge in [0.05, 0.1) is 12.7 Å². The van der Waals surface area contributed by atoms with Crippen molar-refractivity contribution >= 4 is 0 Å². The number of ether oxygens (including phenoxy) is 1. The second-order valence-electron chi connectivity index (χ2n) is 6.83. The summed E-state index contributed by atoms with van der Waals surface area (Å²) in [5.74, 6) is 0.495. The van der Waals surface area contributed by atoms with E-state index in [2.05, 4.69) is 11.0 Å². The molecule has 1 saturated carbocycles. The first kappa shape index (κ1) is 13.6. The molecule has 0 unspecified atom stereocenters. The molecule has 21 heavy (non-hydrogen) atoms. The highest BCUT2D eigenvalue weighted by molar-refractivity contribution is 5.44. The SMILES string of the molecule is Oc1cc2c(cc1CN1CCO[C@H]3CCCC[C@H]31)CCC2. The van der Waals surface area contributed by atoms with Crippen molar-refractivity contribution in [2.75, 3.05) is 13.2 Å². The number of morpholine rings is 1.